The van der Waals surface area contributed by atoms with Crippen molar-refractivity contribution in [3.8, 4) is 17.1 Å². The second kappa shape index (κ2) is 5.35. The van der Waals surface area contributed by atoms with Crippen LogP contribution in [-0.2, 0) is 0 Å². The lowest BCUT2D eigenvalue weighted by Gasteiger charge is -2.08. The molecule has 0 aliphatic carbocycles. The molecule has 1 aromatic heterocycles. The molecule has 106 valence electrons. The van der Waals surface area contributed by atoms with Crippen molar-refractivity contribution in [2.45, 2.75) is 6.92 Å². The Morgan fingerprint density at radius 1 is 1.05 bits per heavy atom. The molecule has 3 aromatic rings. The van der Waals surface area contributed by atoms with Gasteiger partial charge in [0.2, 0.25) is 0 Å². The number of nitrogens with two attached hydrogens (primary N) is 1. The first-order valence-electron chi connectivity index (χ1n) is 6.16. The van der Waals surface area contributed by atoms with E-state index in [1.54, 1.807) is 16.8 Å². The van der Waals surface area contributed by atoms with Crippen molar-refractivity contribution in [1.29, 1.82) is 0 Å². The van der Waals surface area contributed by atoms with E-state index in [2.05, 4.69) is 15.5 Å². The molecule has 0 fully saturated rings. The monoisotopic (exact) mass is 319 g/mol. The van der Waals surface area contributed by atoms with Gasteiger partial charge in [-0.2, -0.15) is 4.68 Å². The number of nitrogens with zero attached hydrogens (tertiary/aromatic N) is 4. The van der Waals surface area contributed by atoms with Crippen LogP contribution in [0.2, 0.25) is 10.0 Å². The van der Waals surface area contributed by atoms with Gasteiger partial charge in [0.25, 0.3) is 0 Å². The summed E-state index contributed by atoms with van der Waals surface area (Å²) in [5.41, 5.74) is 8.84. The zero-order valence-corrected chi connectivity index (χ0v) is 12.6. The van der Waals surface area contributed by atoms with Crippen LogP contribution in [0.15, 0.2) is 36.4 Å². The predicted molar refractivity (Wildman–Crippen MR) is 83.8 cm³/mol. The van der Waals surface area contributed by atoms with Gasteiger partial charge in [-0.1, -0.05) is 29.3 Å². The Morgan fingerprint density at radius 3 is 2.57 bits per heavy atom. The highest BCUT2D eigenvalue weighted by Gasteiger charge is 2.14. The number of hydrogen-bond acceptors (Lipinski definition) is 4. The smallest absolute Gasteiger partial charge is 0.187 e. The van der Waals surface area contributed by atoms with Crippen LogP contribution in [-0.4, -0.2) is 20.2 Å². The minimum atomic E-state index is 0.471. The molecule has 0 aliphatic rings. The molecule has 0 unspecified atom stereocenters. The van der Waals surface area contributed by atoms with Crippen LogP contribution < -0.4 is 5.73 Å². The maximum atomic E-state index is 6.24. The van der Waals surface area contributed by atoms with E-state index in [1.165, 1.54) is 0 Å². The van der Waals surface area contributed by atoms with Crippen LogP contribution in [0.5, 0.6) is 0 Å². The van der Waals surface area contributed by atoms with Gasteiger partial charge in [-0.3, -0.25) is 0 Å². The lowest BCUT2D eigenvalue weighted by atomic mass is 10.1. The number of aryl methyl sites for hydroxylation is 1. The summed E-state index contributed by atoms with van der Waals surface area (Å²) in [7, 11) is 0. The average molecular weight is 320 g/mol. The van der Waals surface area contributed by atoms with Crippen molar-refractivity contribution in [3.05, 3.63) is 52.0 Å². The van der Waals surface area contributed by atoms with Gasteiger partial charge in [0.1, 0.15) is 0 Å². The largest absolute Gasteiger partial charge is 0.398 e. The molecule has 21 heavy (non-hydrogen) atoms. The highest BCUT2D eigenvalue weighted by atomic mass is 35.5. The third-order valence-electron chi connectivity index (χ3n) is 3.05. The summed E-state index contributed by atoms with van der Waals surface area (Å²) in [6.07, 6.45) is 0. The first-order valence-corrected chi connectivity index (χ1v) is 6.92. The third kappa shape index (κ3) is 2.57. The number of rotatable bonds is 2. The topological polar surface area (TPSA) is 69.6 Å². The highest BCUT2D eigenvalue weighted by molar-refractivity contribution is 6.33. The van der Waals surface area contributed by atoms with Crippen molar-refractivity contribution < 1.29 is 0 Å². The van der Waals surface area contributed by atoms with Crippen LogP contribution in [0.25, 0.3) is 17.1 Å². The molecule has 1 heterocycles. The molecular formula is C14H11Cl2N5. The first kappa shape index (κ1) is 13.9. The van der Waals surface area contributed by atoms with Crippen molar-refractivity contribution >= 4 is 28.9 Å². The average Bonchev–Trinajstić information content (AvgIpc) is 2.93. The maximum Gasteiger partial charge on any atom is 0.187 e. The van der Waals surface area contributed by atoms with Crippen molar-refractivity contribution in [1.82, 2.24) is 20.2 Å². The number of nitrogen functional groups attached to an aromatic ring is 1. The van der Waals surface area contributed by atoms with Gasteiger partial charge >= 0.3 is 0 Å². The zero-order chi connectivity index (χ0) is 15.0. The number of tetrazole rings is 1. The van der Waals surface area contributed by atoms with Crippen molar-refractivity contribution in [3.63, 3.8) is 0 Å². The van der Waals surface area contributed by atoms with E-state index in [9.17, 15) is 0 Å². The van der Waals surface area contributed by atoms with Gasteiger partial charge in [0.15, 0.2) is 5.82 Å². The highest BCUT2D eigenvalue weighted by Crippen LogP contribution is 2.28. The number of aromatic nitrogens is 4. The molecule has 3 rings (SSSR count). The summed E-state index contributed by atoms with van der Waals surface area (Å²) in [4.78, 5) is 0. The Balaban J connectivity index is 2.17. The number of halogens is 2. The van der Waals surface area contributed by atoms with E-state index < -0.39 is 0 Å². The van der Waals surface area contributed by atoms with Crippen LogP contribution in [0, 0.1) is 6.92 Å². The lowest BCUT2D eigenvalue weighted by Crippen LogP contribution is -2.01. The summed E-state index contributed by atoms with van der Waals surface area (Å²) >= 11 is 12.2. The summed E-state index contributed by atoms with van der Waals surface area (Å²) in [6.45, 7) is 1.98. The molecule has 7 heteroatoms. The molecule has 0 saturated carbocycles. The Bertz CT molecular complexity index is 813. The quantitative estimate of drug-likeness (QED) is 0.733. The fourth-order valence-electron chi connectivity index (χ4n) is 2.00. The molecular weight excluding hydrogens is 309 g/mol. The number of hydrogen-bond donors (Lipinski definition) is 1. The number of benzene rings is 2. The SMILES string of the molecule is Cc1ccc(Cl)c(-n2nnnc2-c2ccc(Cl)c(N)c2)c1. The molecule has 0 saturated heterocycles. The maximum absolute atomic E-state index is 6.24. The van der Waals surface area contributed by atoms with Gasteiger partial charge in [0, 0.05) is 5.56 Å². The van der Waals surface area contributed by atoms with Crippen molar-refractivity contribution in [2.75, 3.05) is 5.73 Å². The predicted octanol–water partition coefficient (Wildman–Crippen LogP) is 3.53. The fourth-order valence-corrected chi connectivity index (χ4v) is 2.31. The van der Waals surface area contributed by atoms with Crippen LogP contribution >= 0.6 is 23.2 Å². The molecule has 0 atom stereocenters. The van der Waals surface area contributed by atoms with Gasteiger partial charge < -0.3 is 5.73 Å². The summed E-state index contributed by atoms with van der Waals surface area (Å²) in [5, 5.41) is 12.8. The molecule has 0 aliphatic heterocycles. The number of anilines is 1. The lowest BCUT2D eigenvalue weighted by molar-refractivity contribution is 0.791. The summed E-state index contributed by atoms with van der Waals surface area (Å²) < 4.78 is 1.58. The summed E-state index contributed by atoms with van der Waals surface area (Å²) in [5.74, 6) is 0.547. The molecule has 0 spiro atoms. The van der Waals surface area contributed by atoms with E-state index in [-0.39, 0.29) is 0 Å². The van der Waals surface area contributed by atoms with E-state index in [0.717, 1.165) is 11.1 Å². The minimum absolute atomic E-state index is 0.471. The molecule has 5 nitrogen and oxygen atoms in total. The molecule has 2 aromatic carbocycles. The Labute approximate surface area is 131 Å². The Morgan fingerprint density at radius 2 is 1.81 bits per heavy atom. The zero-order valence-electron chi connectivity index (χ0n) is 11.1. The fraction of sp³-hybridized carbons (Fsp3) is 0.0714. The minimum Gasteiger partial charge on any atom is -0.398 e. The standard InChI is InChI=1S/C14H11Cl2N5/c1-8-2-4-11(16)13(6-8)21-14(18-19-20-21)9-3-5-10(15)12(17)7-9/h2-7H,17H2,1H3. The Hall–Kier alpha value is -2.11. The second-order valence-electron chi connectivity index (χ2n) is 4.61. The molecule has 0 amide bonds. The Kier molecular flexibility index (Phi) is 3.53. The van der Waals surface area contributed by atoms with Crippen molar-refractivity contribution in [2.24, 2.45) is 0 Å². The molecule has 0 bridgehead atoms. The van der Waals surface area contributed by atoms with E-state index in [4.69, 9.17) is 28.9 Å². The van der Waals surface area contributed by atoms with Gasteiger partial charge in [0.05, 0.1) is 21.4 Å². The van der Waals surface area contributed by atoms with E-state index in [0.29, 0.717) is 27.2 Å². The van der Waals surface area contributed by atoms with Crippen LogP contribution in [0.3, 0.4) is 0 Å². The van der Waals surface area contributed by atoms with Gasteiger partial charge in [-0.15, -0.1) is 5.10 Å². The summed E-state index contributed by atoms with van der Waals surface area (Å²) in [6, 6.07) is 10.9. The van der Waals surface area contributed by atoms with Gasteiger partial charge in [-0.05, 0) is 53.2 Å². The molecule has 2 N–H and O–H groups in total. The van der Waals surface area contributed by atoms with E-state index in [1.807, 2.05) is 31.2 Å². The third-order valence-corrected chi connectivity index (χ3v) is 3.72. The van der Waals surface area contributed by atoms with Crippen LogP contribution in [0.4, 0.5) is 5.69 Å². The first-order chi connectivity index (χ1) is 10.1. The second-order valence-corrected chi connectivity index (χ2v) is 5.42. The van der Waals surface area contributed by atoms with Gasteiger partial charge in [-0.25, -0.2) is 0 Å². The van der Waals surface area contributed by atoms with Crippen LogP contribution in [0.1, 0.15) is 5.56 Å². The van der Waals surface area contributed by atoms with E-state index >= 15 is 0 Å². The molecule has 0 radical (unpaired) electrons. The normalized spacial score (nSPS) is 10.8.